The molecule has 9 heteroatoms. The summed E-state index contributed by atoms with van der Waals surface area (Å²) >= 11 is 6.80. The predicted molar refractivity (Wildman–Crippen MR) is 116 cm³/mol. The summed E-state index contributed by atoms with van der Waals surface area (Å²) < 4.78 is 8.50. The van der Waals surface area contributed by atoms with Crippen LogP contribution in [0.25, 0.3) is 26.8 Å². The van der Waals surface area contributed by atoms with Crippen LogP contribution in [0, 0.1) is 11.7 Å². The molecule has 0 radical (unpaired) electrons. The number of ketones is 1. The van der Waals surface area contributed by atoms with Crippen LogP contribution >= 0.6 is 23.6 Å². The van der Waals surface area contributed by atoms with Gasteiger partial charge in [0.15, 0.2) is 10.8 Å². The minimum atomic E-state index is -0.0659. The maximum absolute atomic E-state index is 12.7. The largest absolute Gasteiger partial charge is 0.361 e. The predicted octanol–water partition coefficient (Wildman–Crippen LogP) is 4.84. The smallest absolute Gasteiger partial charge is 0.233 e. The Kier molecular flexibility index (Phi) is 4.61. The highest BCUT2D eigenvalue weighted by atomic mass is 32.1. The molecule has 7 nitrogen and oxygen atoms in total. The number of carbonyl (C=O) groups is 1. The van der Waals surface area contributed by atoms with Gasteiger partial charge in [-0.2, -0.15) is 4.52 Å². The third-order valence-electron chi connectivity index (χ3n) is 4.62. The Morgan fingerprint density at radius 1 is 1.07 bits per heavy atom. The summed E-state index contributed by atoms with van der Waals surface area (Å²) in [6.07, 6.45) is 0. The number of hydrogen-bond donors (Lipinski definition) is 0. The first kappa shape index (κ1) is 18.6. The molecular weight excluding hydrogens is 418 g/mol. The van der Waals surface area contributed by atoms with Crippen molar-refractivity contribution in [2.75, 3.05) is 0 Å². The van der Waals surface area contributed by atoms with Crippen molar-refractivity contribution in [3.8, 4) is 21.8 Å². The lowest BCUT2D eigenvalue weighted by atomic mass is 10.0. The third-order valence-corrected chi connectivity index (χ3v) is 5.93. The SMILES string of the molecule is Cc1cc(-c2nn3c(=S)n(CC(=O)c4ccc(-c5ccccc5)cc4)nc3s2)no1. The van der Waals surface area contributed by atoms with Crippen molar-refractivity contribution in [3.63, 3.8) is 0 Å². The summed E-state index contributed by atoms with van der Waals surface area (Å²) in [5.74, 6) is 0.638. The number of aryl methyl sites for hydroxylation is 1. The molecule has 148 valence electrons. The Hall–Kier alpha value is -3.43. The van der Waals surface area contributed by atoms with Crippen LogP contribution in [0.3, 0.4) is 0 Å². The topological polar surface area (TPSA) is 78.2 Å². The first-order chi connectivity index (χ1) is 14.6. The van der Waals surface area contributed by atoms with Crippen molar-refractivity contribution in [1.82, 2.24) is 24.6 Å². The van der Waals surface area contributed by atoms with Crippen molar-refractivity contribution < 1.29 is 9.32 Å². The van der Waals surface area contributed by atoms with Gasteiger partial charge in [0.25, 0.3) is 0 Å². The minimum absolute atomic E-state index is 0.0536. The van der Waals surface area contributed by atoms with Crippen molar-refractivity contribution in [3.05, 3.63) is 76.8 Å². The summed E-state index contributed by atoms with van der Waals surface area (Å²) in [7, 11) is 0. The van der Waals surface area contributed by atoms with E-state index in [9.17, 15) is 4.79 Å². The van der Waals surface area contributed by atoms with Crippen molar-refractivity contribution in [1.29, 1.82) is 0 Å². The molecule has 0 saturated heterocycles. The lowest BCUT2D eigenvalue weighted by Crippen LogP contribution is -2.12. The van der Waals surface area contributed by atoms with E-state index in [1.54, 1.807) is 10.6 Å². The second kappa shape index (κ2) is 7.43. The van der Waals surface area contributed by atoms with Crippen LogP contribution in [0.5, 0.6) is 0 Å². The fourth-order valence-corrected chi connectivity index (χ4v) is 4.25. The fourth-order valence-electron chi connectivity index (χ4n) is 3.11. The molecule has 5 aromatic rings. The molecule has 0 aliphatic heterocycles. The highest BCUT2D eigenvalue weighted by Crippen LogP contribution is 2.25. The van der Waals surface area contributed by atoms with Crippen LogP contribution in [0.15, 0.2) is 65.2 Å². The minimum Gasteiger partial charge on any atom is -0.361 e. The molecule has 0 saturated carbocycles. The summed E-state index contributed by atoms with van der Waals surface area (Å²) in [5.41, 5.74) is 3.42. The van der Waals surface area contributed by atoms with Crippen molar-refractivity contribution >= 4 is 34.3 Å². The molecule has 0 fully saturated rings. The zero-order chi connectivity index (χ0) is 20.7. The van der Waals surface area contributed by atoms with E-state index in [0.717, 1.165) is 11.1 Å². The number of carbonyl (C=O) groups excluding carboxylic acids is 1. The number of aromatic nitrogens is 5. The van der Waals surface area contributed by atoms with E-state index in [-0.39, 0.29) is 12.3 Å². The second-order valence-electron chi connectivity index (χ2n) is 6.73. The number of hydrogen-bond acceptors (Lipinski definition) is 7. The molecule has 0 amide bonds. The quantitative estimate of drug-likeness (QED) is 0.292. The van der Waals surface area contributed by atoms with Crippen molar-refractivity contribution in [2.45, 2.75) is 13.5 Å². The molecule has 0 unspecified atom stereocenters. The number of fused-ring (bicyclic) bond motifs is 1. The molecule has 0 spiro atoms. The standard InChI is InChI=1S/C21H15N5O2S2/c1-13-11-17(24-28-13)19-22-26-20(30-19)23-25(21(26)29)12-18(27)16-9-7-15(8-10-16)14-5-3-2-4-6-14/h2-11H,12H2,1H3. The van der Waals surface area contributed by atoms with Crippen molar-refractivity contribution in [2.24, 2.45) is 0 Å². The zero-order valence-electron chi connectivity index (χ0n) is 15.8. The van der Waals surface area contributed by atoms with Gasteiger partial charge in [-0.1, -0.05) is 71.1 Å². The average Bonchev–Trinajstić information content (AvgIpc) is 3.46. The first-order valence-electron chi connectivity index (χ1n) is 9.17. The highest BCUT2D eigenvalue weighted by molar-refractivity contribution is 7.71. The number of benzene rings is 2. The van der Waals surface area contributed by atoms with Gasteiger partial charge in [0.1, 0.15) is 18.0 Å². The Morgan fingerprint density at radius 2 is 1.80 bits per heavy atom. The van der Waals surface area contributed by atoms with E-state index < -0.39 is 0 Å². The second-order valence-corrected chi connectivity index (χ2v) is 8.05. The van der Waals surface area contributed by atoms with Crippen LogP contribution in [0.2, 0.25) is 0 Å². The van der Waals surface area contributed by atoms with Crippen LogP contribution in [0.1, 0.15) is 16.1 Å². The van der Waals surface area contributed by atoms with E-state index in [1.165, 1.54) is 16.0 Å². The molecule has 0 aliphatic carbocycles. The molecule has 3 heterocycles. The maximum atomic E-state index is 12.7. The van der Waals surface area contributed by atoms with E-state index in [0.29, 0.717) is 31.8 Å². The van der Waals surface area contributed by atoms with Gasteiger partial charge >= 0.3 is 0 Å². The van der Waals surface area contributed by atoms with Gasteiger partial charge in [-0.3, -0.25) is 4.79 Å². The van der Waals surface area contributed by atoms with Gasteiger partial charge in [-0.05, 0) is 30.3 Å². The highest BCUT2D eigenvalue weighted by Gasteiger charge is 2.16. The summed E-state index contributed by atoms with van der Waals surface area (Å²) in [6.45, 7) is 1.87. The molecule has 30 heavy (non-hydrogen) atoms. The van der Waals surface area contributed by atoms with Gasteiger partial charge in [-0.15, -0.1) is 10.2 Å². The van der Waals surface area contributed by atoms with E-state index in [4.69, 9.17) is 16.7 Å². The first-order valence-corrected chi connectivity index (χ1v) is 10.4. The molecule has 5 rings (SSSR count). The summed E-state index contributed by atoms with van der Waals surface area (Å²) in [4.78, 5) is 13.3. The normalized spacial score (nSPS) is 11.2. The van der Waals surface area contributed by atoms with Gasteiger partial charge < -0.3 is 4.52 Å². The number of rotatable bonds is 5. The number of nitrogens with zero attached hydrogens (tertiary/aromatic N) is 5. The molecule has 0 aliphatic rings. The maximum Gasteiger partial charge on any atom is 0.233 e. The van der Waals surface area contributed by atoms with E-state index in [1.807, 2.05) is 61.5 Å². The average molecular weight is 434 g/mol. The monoisotopic (exact) mass is 433 g/mol. The Morgan fingerprint density at radius 3 is 2.47 bits per heavy atom. The fraction of sp³-hybridized carbons (Fsp3) is 0.0952. The zero-order valence-corrected chi connectivity index (χ0v) is 17.5. The number of Topliss-reactive ketones (excluding diaryl/α,β-unsaturated/α-hetero) is 1. The van der Waals surface area contributed by atoms with E-state index in [2.05, 4.69) is 15.4 Å². The summed E-state index contributed by atoms with van der Waals surface area (Å²) in [6, 6.07) is 19.4. The summed E-state index contributed by atoms with van der Waals surface area (Å²) in [5, 5.41) is 13.5. The Balaban J connectivity index is 1.37. The Bertz CT molecular complexity index is 1410. The van der Waals surface area contributed by atoms with Gasteiger partial charge in [0.05, 0.1) is 0 Å². The van der Waals surface area contributed by atoms with Crippen LogP contribution in [-0.4, -0.2) is 30.3 Å². The molecule has 3 aromatic heterocycles. The van der Waals surface area contributed by atoms with Crippen LogP contribution < -0.4 is 0 Å². The molecule has 2 aromatic carbocycles. The molecule has 0 bridgehead atoms. The van der Waals surface area contributed by atoms with Crippen LogP contribution in [-0.2, 0) is 6.54 Å². The van der Waals surface area contributed by atoms with Gasteiger partial charge in [-0.25, -0.2) is 4.68 Å². The van der Waals surface area contributed by atoms with E-state index >= 15 is 0 Å². The van der Waals surface area contributed by atoms with Gasteiger partial charge in [0, 0.05) is 11.6 Å². The lowest BCUT2D eigenvalue weighted by Gasteiger charge is -2.04. The molecule has 0 N–H and O–H groups in total. The lowest BCUT2D eigenvalue weighted by molar-refractivity contribution is 0.0967. The molecular formula is C21H15N5O2S2. The molecule has 0 atom stereocenters. The van der Waals surface area contributed by atoms with Gasteiger partial charge in [0.2, 0.25) is 9.73 Å². The Labute approximate surface area is 180 Å². The van der Waals surface area contributed by atoms with Crippen LogP contribution in [0.4, 0.5) is 0 Å². The third kappa shape index (κ3) is 3.38.